The van der Waals surface area contributed by atoms with Crippen molar-refractivity contribution in [3.63, 3.8) is 0 Å². The first-order valence-corrected chi connectivity index (χ1v) is 12.0. The van der Waals surface area contributed by atoms with E-state index in [0.717, 1.165) is 41.9 Å². The minimum atomic E-state index is -0.211. The fraction of sp³-hybridized carbons (Fsp3) is 0.440. The molecule has 188 valence electrons. The predicted molar refractivity (Wildman–Crippen MR) is 132 cm³/mol. The Balaban J connectivity index is 1.34. The largest absolute Gasteiger partial charge is 0.382 e. The fourth-order valence-electron chi connectivity index (χ4n) is 4.88. The summed E-state index contributed by atoms with van der Waals surface area (Å²) in [5.74, 6) is 0.836. The second-order valence-corrected chi connectivity index (χ2v) is 9.30. The summed E-state index contributed by atoms with van der Waals surface area (Å²) in [4.78, 5) is 20.7. The summed E-state index contributed by atoms with van der Waals surface area (Å²) in [5, 5.41) is 13.0. The van der Waals surface area contributed by atoms with Crippen LogP contribution in [0.15, 0.2) is 42.9 Å². The third-order valence-corrected chi connectivity index (χ3v) is 6.80. The van der Waals surface area contributed by atoms with E-state index in [9.17, 15) is 4.79 Å². The van der Waals surface area contributed by atoms with Crippen LogP contribution in [0.25, 0.3) is 28.0 Å². The van der Waals surface area contributed by atoms with Gasteiger partial charge in [0.05, 0.1) is 37.3 Å². The van der Waals surface area contributed by atoms with Crippen LogP contribution in [0.1, 0.15) is 31.1 Å². The Bertz CT molecular complexity index is 1330. The Morgan fingerprint density at radius 2 is 1.89 bits per heavy atom. The third kappa shape index (κ3) is 4.98. The van der Waals surface area contributed by atoms with Gasteiger partial charge in [-0.3, -0.25) is 9.48 Å². The lowest BCUT2D eigenvalue weighted by molar-refractivity contribution is -0.121. The van der Waals surface area contributed by atoms with Crippen molar-refractivity contribution < 1.29 is 14.3 Å². The maximum atomic E-state index is 11.5. The van der Waals surface area contributed by atoms with Crippen molar-refractivity contribution in [2.45, 2.75) is 31.7 Å². The Labute approximate surface area is 208 Å². The van der Waals surface area contributed by atoms with Crippen LogP contribution in [-0.4, -0.2) is 68.1 Å². The smallest absolute Gasteiger partial charge is 0.220 e. The van der Waals surface area contributed by atoms with Crippen molar-refractivity contribution in [1.82, 2.24) is 34.7 Å². The Kier molecular flexibility index (Phi) is 7.01. The molecule has 11 heteroatoms. The van der Waals surface area contributed by atoms with Gasteiger partial charge in [0.2, 0.25) is 5.91 Å². The first-order chi connectivity index (χ1) is 17.6. The van der Waals surface area contributed by atoms with Gasteiger partial charge in [0.1, 0.15) is 5.82 Å². The average Bonchev–Trinajstić information content (AvgIpc) is 3.64. The van der Waals surface area contributed by atoms with Crippen LogP contribution in [0.4, 0.5) is 0 Å². The van der Waals surface area contributed by atoms with Crippen LogP contribution < -0.4 is 5.73 Å². The fourth-order valence-corrected chi connectivity index (χ4v) is 4.88. The highest BCUT2D eigenvalue weighted by atomic mass is 16.5. The summed E-state index contributed by atoms with van der Waals surface area (Å²) in [6.07, 6.45) is 8.85. The summed E-state index contributed by atoms with van der Waals surface area (Å²) in [5.41, 5.74) is 9.65. The zero-order valence-electron chi connectivity index (χ0n) is 20.4. The molecule has 0 saturated heterocycles. The van der Waals surface area contributed by atoms with Crippen molar-refractivity contribution >= 4 is 17.1 Å². The zero-order chi connectivity index (χ0) is 25.1. The third-order valence-electron chi connectivity index (χ3n) is 6.80. The molecule has 3 heterocycles. The minimum absolute atomic E-state index is 0.00864. The topological polar surface area (TPSA) is 136 Å². The number of fused-ring (bicyclic) bond motifs is 1. The number of carbonyl (C=O) groups excluding carboxylic acids is 1. The molecule has 1 aliphatic carbocycles. The number of benzene rings is 1. The molecule has 0 aliphatic heterocycles. The van der Waals surface area contributed by atoms with Crippen molar-refractivity contribution in [2.75, 3.05) is 27.4 Å². The number of hydrogen-bond acceptors (Lipinski definition) is 8. The van der Waals surface area contributed by atoms with E-state index in [1.807, 2.05) is 41.3 Å². The minimum Gasteiger partial charge on any atom is -0.382 e. The molecule has 3 aromatic heterocycles. The number of amides is 1. The van der Waals surface area contributed by atoms with E-state index in [1.54, 1.807) is 25.1 Å². The van der Waals surface area contributed by atoms with Crippen LogP contribution in [0.3, 0.4) is 0 Å². The maximum Gasteiger partial charge on any atom is 0.220 e. The SMILES string of the molecule is COCC(COC)n1cc(-c2ccc(-n3nnc4cnc(C[C@@H]5CC[C@@H](C(N)=O)C5)nc43)cc2)cn1. The van der Waals surface area contributed by atoms with Crippen molar-refractivity contribution in [1.29, 1.82) is 0 Å². The van der Waals surface area contributed by atoms with Gasteiger partial charge in [-0.15, -0.1) is 5.10 Å². The molecule has 0 bridgehead atoms. The van der Waals surface area contributed by atoms with Gasteiger partial charge >= 0.3 is 0 Å². The van der Waals surface area contributed by atoms with Crippen molar-refractivity contribution in [3.05, 3.63) is 48.7 Å². The molecule has 36 heavy (non-hydrogen) atoms. The standard InChI is InChI=1S/C25H30N8O3/c1-35-14-21(15-36-2)32-13-19(11-28-32)17-5-7-20(8-6-17)33-25-22(30-31-33)12-27-23(29-25)10-16-3-4-18(9-16)24(26)34/h5-8,11-13,16,18,21H,3-4,9-10,14-15H2,1-2H3,(H2,26,34)/t16-,18-/m1/s1. The molecule has 2 N–H and O–H groups in total. The van der Waals surface area contributed by atoms with Crippen molar-refractivity contribution in [3.8, 4) is 16.8 Å². The number of ether oxygens (including phenoxy) is 2. The van der Waals surface area contributed by atoms with E-state index in [4.69, 9.17) is 20.2 Å². The zero-order valence-corrected chi connectivity index (χ0v) is 20.4. The molecule has 0 radical (unpaired) electrons. The Morgan fingerprint density at radius 1 is 1.11 bits per heavy atom. The Morgan fingerprint density at radius 3 is 2.58 bits per heavy atom. The number of nitrogens with zero attached hydrogens (tertiary/aromatic N) is 7. The highest BCUT2D eigenvalue weighted by molar-refractivity contribution is 5.77. The molecule has 0 unspecified atom stereocenters. The number of hydrogen-bond donors (Lipinski definition) is 1. The van der Waals surface area contributed by atoms with Crippen LogP contribution in [0, 0.1) is 11.8 Å². The van der Waals surface area contributed by atoms with E-state index in [0.29, 0.717) is 36.7 Å². The molecule has 11 nitrogen and oxygen atoms in total. The van der Waals surface area contributed by atoms with Gasteiger partial charge < -0.3 is 15.2 Å². The molecule has 5 rings (SSSR count). The summed E-state index contributed by atoms with van der Waals surface area (Å²) < 4.78 is 14.2. The highest BCUT2D eigenvalue weighted by Gasteiger charge is 2.29. The monoisotopic (exact) mass is 490 g/mol. The lowest BCUT2D eigenvalue weighted by Gasteiger charge is -2.15. The van der Waals surface area contributed by atoms with E-state index in [1.165, 1.54) is 0 Å². The van der Waals surface area contributed by atoms with Gasteiger partial charge in [-0.25, -0.2) is 9.97 Å². The second kappa shape index (κ2) is 10.5. The van der Waals surface area contributed by atoms with Gasteiger partial charge in [-0.1, -0.05) is 17.3 Å². The summed E-state index contributed by atoms with van der Waals surface area (Å²) in [6.45, 7) is 1.03. The molecule has 2 atom stereocenters. The van der Waals surface area contributed by atoms with Crippen LogP contribution in [0.5, 0.6) is 0 Å². The van der Waals surface area contributed by atoms with Gasteiger partial charge in [0, 0.05) is 38.3 Å². The molecule has 4 aromatic rings. The Hall–Kier alpha value is -3.70. The van der Waals surface area contributed by atoms with Crippen LogP contribution >= 0.6 is 0 Å². The summed E-state index contributed by atoms with van der Waals surface area (Å²) >= 11 is 0. The lowest BCUT2D eigenvalue weighted by atomic mass is 10.0. The molecule has 1 aliphatic rings. The number of rotatable bonds is 10. The first-order valence-electron chi connectivity index (χ1n) is 12.0. The van der Waals surface area contributed by atoms with Crippen LogP contribution in [-0.2, 0) is 20.7 Å². The maximum absolute atomic E-state index is 11.5. The molecule has 1 aromatic carbocycles. The quantitative estimate of drug-likeness (QED) is 0.358. The van der Waals surface area contributed by atoms with Gasteiger partial charge in [0.15, 0.2) is 11.2 Å². The van der Waals surface area contributed by atoms with Gasteiger partial charge in [0.25, 0.3) is 0 Å². The van der Waals surface area contributed by atoms with Crippen LogP contribution in [0.2, 0.25) is 0 Å². The number of aromatic nitrogens is 7. The average molecular weight is 491 g/mol. The predicted octanol–water partition coefficient (Wildman–Crippen LogP) is 2.35. The number of primary amides is 1. The molecule has 1 amide bonds. The van der Waals surface area contributed by atoms with E-state index in [2.05, 4.69) is 20.4 Å². The van der Waals surface area contributed by atoms with E-state index < -0.39 is 0 Å². The molecular formula is C25H30N8O3. The summed E-state index contributed by atoms with van der Waals surface area (Å²) in [7, 11) is 3.34. The number of carbonyl (C=O) groups is 1. The number of methoxy groups -OCH3 is 2. The molecular weight excluding hydrogens is 460 g/mol. The van der Waals surface area contributed by atoms with Crippen molar-refractivity contribution in [2.24, 2.45) is 17.6 Å². The molecule has 0 spiro atoms. The molecule has 1 saturated carbocycles. The summed E-state index contributed by atoms with van der Waals surface area (Å²) in [6, 6.07) is 8.03. The van der Waals surface area contributed by atoms with Gasteiger partial charge in [-0.05, 0) is 42.9 Å². The second-order valence-electron chi connectivity index (χ2n) is 9.30. The number of nitrogens with two attached hydrogens (primary N) is 1. The normalized spacial score (nSPS) is 17.9. The highest BCUT2D eigenvalue weighted by Crippen LogP contribution is 2.32. The first kappa shape index (κ1) is 24.0. The van der Waals surface area contributed by atoms with E-state index in [-0.39, 0.29) is 17.9 Å². The van der Waals surface area contributed by atoms with E-state index >= 15 is 0 Å². The molecule has 1 fully saturated rings. The lowest BCUT2D eigenvalue weighted by Crippen LogP contribution is -2.21. The van der Waals surface area contributed by atoms with Gasteiger partial charge in [-0.2, -0.15) is 9.78 Å².